The van der Waals surface area contributed by atoms with Gasteiger partial charge in [-0.15, -0.1) is 0 Å². The summed E-state index contributed by atoms with van der Waals surface area (Å²) in [6.45, 7) is 1.83. The van der Waals surface area contributed by atoms with E-state index in [-0.39, 0.29) is 10.6 Å². The lowest BCUT2D eigenvalue weighted by molar-refractivity contribution is 0.354. The first-order valence-electron chi connectivity index (χ1n) is 5.00. The van der Waals surface area contributed by atoms with Crippen molar-refractivity contribution >= 4 is 9.84 Å². The molecule has 0 aromatic heterocycles. The Labute approximate surface area is 96.1 Å². The van der Waals surface area contributed by atoms with Gasteiger partial charge in [-0.2, -0.15) is 0 Å². The van der Waals surface area contributed by atoms with Crippen LogP contribution in [0.2, 0.25) is 0 Å². The molecular formula is C11H16O4S. The highest BCUT2D eigenvalue weighted by atomic mass is 32.2. The van der Waals surface area contributed by atoms with Crippen LogP contribution in [0, 0.1) is 0 Å². The topological polar surface area (TPSA) is 52.6 Å². The van der Waals surface area contributed by atoms with Gasteiger partial charge in [-0.1, -0.05) is 6.92 Å². The highest BCUT2D eigenvalue weighted by Gasteiger charge is 2.15. The molecule has 0 aliphatic carbocycles. The molecule has 0 N–H and O–H groups in total. The summed E-state index contributed by atoms with van der Waals surface area (Å²) in [5.74, 6) is 1.10. The lowest BCUT2D eigenvalue weighted by atomic mass is 10.3. The predicted octanol–water partition coefficient (Wildman–Crippen LogP) is 1.89. The third kappa shape index (κ3) is 2.66. The molecule has 1 rings (SSSR count). The molecule has 0 heterocycles. The second-order valence-corrected chi connectivity index (χ2v) is 5.44. The van der Waals surface area contributed by atoms with Gasteiger partial charge < -0.3 is 9.47 Å². The molecule has 5 heteroatoms. The van der Waals surface area contributed by atoms with Crippen molar-refractivity contribution in [3.8, 4) is 11.5 Å². The van der Waals surface area contributed by atoms with Gasteiger partial charge in [0, 0.05) is 6.07 Å². The Morgan fingerprint density at radius 1 is 1.12 bits per heavy atom. The number of benzene rings is 1. The van der Waals surface area contributed by atoms with E-state index in [4.69, 9.17) is 9.47 Å². The summed E-state index contributed by atoms with van der Waals surface area (Å²) in [6.07, 6.45) is 0.594. The van der Waals surface area contributed by atoms with Crippen LogP contribution in [0.4, 0.5) is 0 Å². The number of sulfone groups is 1. The average molecular weight is 244 g/mol. The first-order chi connectivity index (χ1) is 7.55. The number of ether oxygens (including phenoxy) is 2. The van der Waals surface area contributed by atoms with Crippen LogP contribution in [0.1, 0.15) is 13.3 Å². The van der Waals surface area contributed by atoms with Crippen molar-refractivity contribution in [3.05, 3.63) is 18.2 Å². The Kier molecular flexibility index (Phi) is 4.18. The fraction of sp³-hybridized carbons (Fsp3) is 0.455. The standard InChI is InChI=1S/C11H16O4S/c1-4-7-16(12,13)9-5-6-10(14-2)11(8-9)15-3/h5-6,8H,4,7H2,1-3H3. The summed E-state index contributed by atoms with van der Waals surface area (Å²) < 4.78 is 33.7. The zero-order valence-electron chi connectivity index (χ0n) is 9.69. The number of methoxy groups -OCH3 is 2. The maximum atomic E-state index is 11.8. The predicted molar refractivity (Wildman–Crippen MR) is 61.9 cm³/mol. The molecular weight excluding hydrogens is 228 g/mol. The summed E-state index contributed by atoms with van der Waals surface area (Å²) in [5.41, 5.74) is 0. The van der Waals surface area contributed by atoms with Crippen LogP contribution in [0.3, 0.4) is 0 Å². The third-order valence-corrected chi connectivity index (χ3v) is 4.10. The Morgan fingerprint density at radius 2 is 1.75 bits per heavy atom. The Balaban J connectivity index is 3.18. The maximum Gasteiger partial charge on any atom is 0.178 e. The molecule has 0 unspecified atom stereocenters. The van der Waals surface area contributed by atoms with E-state index in [2.05, 4.69) is 0 Å². The summed E-state index contributed by atoms with van der Waals surface area (Å²) in [4.78, 5) is 0.270. The molecule has 0 saturated heterocycles. The van der Waals surface area contributed by atoms with Gasteiger partial charge in [0.05, 0.1) is 24.9 Å². The van der Waals surface area contributed by atoms with Crippen LogP contribution < -0.4 is 9.47 Å². The highest BCUT2D eigenvalue weighted by molar-refractivity contribution is 7.91. The first-order valence-corrected chi connectivity index (χ1v) is 6.65. The second kappa shape index (κ2) is 5.21. The fourth-order valence-electron chi connectivity index (χ4n) is 1.40. The largest absolute Gasteiger partial charge is 0.493 e. The van der Waals surface area contributed by atoms with Crippen molar-refractivity contribution in [3.63, 3.8) is 0 Å². The van der Waals surface area contributed by atoms with Crippen LogP contribution in [-0.4, -0.2) is 28.4 Å². The average Bonchev–Trinajstić information content (AvgIpc) is 2.28. The molecule has 0 aliphatic heterocycles. The summed E-state index contributed by atoms with van der Waals surface area (Å²) in [7, 11) is -0.211. The van der Waals surface area contributed by atoms with Crippen molar-refractivity contribution in [2.24, 2.45) is 0 Å². The number of rotatable bonds is 5. The molecule has 1 aromatic carbocycles. The molecule has 0 saturated carbocycles. The van der Waals surface area contributed by atoms with Gasteiger partial charge in [-0.3, -0.25) is 0 Å². The molecule has 0 amide bonds. The Hall–Kier alpha value is -1.23. The quantitative estimate of drug-likeness (QED) is 0.793. The van der Waals surface area contributed by atoms with Crippen molar-refractivity contribution in [2.75, 3.05) is 20.0 Å². The first kappa shape index (κ1) is 12.8. The molecule has 16 heavy (non-hydrogen) atoms. The summed E-state index contributed by atoms with van der Waals surface area (Å²) in [6, 6.07) is 4.62. The minimum absolute atomic E-state index is 0.141. The van der Waals surface area contributed by atoms with Crippen LogP contribution in [0.5, 0.6) is 11.5 Å². The molecule has 90 valence electrons. The van der Waals surface area contributed by atoms with E-state index in [1.807, 2.05) is 6.92 Å². The van der Waals surface area contributed by atoms with Crippen molar-refractivity contribution in [1.82, 2.24) is 0 Å². The molecule has 0 radical (unpaired) electrons. The Bertz CT molecular complexity index is 451. The van der Waals surface area contributed by atoms with E-state index in [0.29, 0.717) is 17.9 Å². The van der Waals surface area contributed by atoms with E-state index in [1.54, 1.807) is 6.07 Å². The lowest BCUT2D eigenvalue weighted by Gasteiger charge is -2.09. The van der Waals surface area contributed by atoms with E-state index in [1.165, 1.54) is 26.4 Å². The van der Waals surface area contributed by atoms with Gasteiger partial charge in [0.15, 0.2) is 21.3 Å². The van der Waals surface area contributed by atoms with Gasteiger partial charge in [-0.25, -0.2) is 8.42 Å². The zero-order chi connectivity index (χ0) is 12.2. The molecule has 4 nitrogen and oxygen atoms in total. The summed E-state index contributed by atoms with van der Waals surface area (Å²) in [5, 5.41) is 0. The third-order valence-electron chi connectivity index (χ3n) is 2.19. The SMILES string of the molecule is CCCS(=O)(=O)c1ccc(OC)c(OC)c1. The smallest absolute Gasteiger partial charge is 0.178 e. The van der Waals surface area contributed by atoms with E-state index < -0.39 is 9.84 Å². The second-order valence-electron chi connectivity index (χ2n) is 3.34. The molecule has 0 aliphatic rings. The molecule has 0 bridgehead atoms. The van der Waals surface area contributed by atoms with Crippen LogP contribution in [-0.2, 0) is 9.84 Å². The molecule has 0 spiro atoms. The molecule has 0 atom stereocenters. The minimum Gasteiger partial charge on any atom is -0.493 e. The Morgan fingerprint density at radius 3 is 2.25 bits per heavy atom. The highest BCUT2D eigenvalue weighted by Crippen LogP contribution is 2.29. The monoisotopic (exact) mass is 244 g/mol. The van der Waals surface area contributed by atoms with Gasteiger partial charge >= 0.3 is 0 Å². The fourth-order valence-corrected chi connectivity index (χ4v) is 2.73. The summed E-state index contributed by atoms with van der Waals surface area (Å²) >= 11 is 0. The molecule has 0 fully saturated rings. The van der Waals surface area contributed by atoms with Gasteiger partial charge in [-0.05, 0) is 18.6 Å². The van der Waals surface area contributed by atoms with Crippen molar-refractivity contribution in [2.45, 2.75) is 18.2 Å². The maximum absolute atomic E-state index is 11.8. The van der Waals surface area contributed by atoms with Gasteiger partial charge in [0.25, 0.3) is 0 Å². The van der Waals surface area contributed by atoms with Crippen molar-refractivity contribution < 1.29 is 17.9 Å². The van der Waals surface area contributed by atoms with Crippen LogP contribution >= 0.6 is 0 Å². The normalized spacial score (nSPS) is 11.2. The van der Waals surface area contributed by atoms with E-state index in [0.717, 1.165) is 0 Å². The van der Waals surface area contributed by atoms with E-state index >= 15 is 0 Å². The zero-order valence-corrected chi connectivity index (χ0v) is 10.5. The van der Waals surface area contributed by atoms with Gasteiger partial charge in [0.1, 0.15) is 0 Å². The lowest BCUT2D eigenvalue weighted by Crippen LogP contribution is -2.06. The van der Waals surface area contributed by atoms with Crippen LogP contribution in [0.15, 0.2) is 23.1 Å². The van der Waals surface area contributed by atoms with E-state index in [9.17, 15) is 8.42 Å². The van der Waals surface area contributed by atoms with Crippen LogP contribution in [0.25, 0.3) is 0 Å². The number of hydrogen-bond acceptors (Lipinski definition) is 4. The van der Waals surface area contributed by atoms with Gasteiger partial charge in [0.2, 0.25) is 0 Å². The number of hydrogen-bond donors (Lipinski definition) is 0. The van der Waals surface area contributed by atoms with Crippen molar-refractivity contribution in [1.29, 1.82) is 0 Å². The molecule has 1 aromatic rings. The minimum atomic E-state index is -3.20.